The first-order valence-corrected chi connectivity index (χ1v) is 7.18. The van der Waals surface area contributed by atoms with Crippen molar-refractivity contribution in [3.63, 3.8) is 0 Å². The summed E-state index contributed by atoms with van der Waals surface area (Å²) in [6.07, 6.45) is 0. The van der Waals surface area contributed by atoms with Gasteiger partial charge < -0.3 is 9.47 Å². The van der Waals surface area contributed by atoms with Crippen molar-refractivity contribution in [2.45, 2.75) is 5.38 Å². The Kier molecular flexibility index (Phi) is 5.20. The molecule has 0 aromatic heterocycles. The fraction of sp³-hybridized carbons (Fsp3) is 0.200. The number of ether oxygens (including phenoxy) is 2. The molecule has 1 atom stereocenters. The zero-order valence-electron chi connectivity index (χ0n) is 11.3. The third-order valence-electron chi connectivity index (χ3n) is 3.04. The van der Waals surface area contributed by atoms with Crippen LogP contribution in [0.15, 0.2) is 30.3 Å². The zero-order valence-corrected chi connectivity index (χ0v) is 13.6. The van der Waals surface area contributed by atoms with Crippen LogP contribution in [0.5, 0.6) is 11.5 Å². The van der Waals surface area contributed by atoms with Crippen LogP contribution in [0, 0.1) is 5.82 Å². The maximum absolute atomic E-state index is 14.1. The van der Waals surface area contributed by atoms with Gasteiger partial charge in [0.15, 0.2) is 0 Å². The van der Waals surface area contributed by atoms with Crippen molar-refractivity contribution >= 4 is 34.8 Å². The molecule has 0 aliphatic heterocycles. The Hall–Kier alpha value is -1.16. The molecule has 0 aliphatic carbocycles. The largest absolute Gasteiger partial charge is 0.495 e. The normalized spacial score (nSPS) is 12.1. The molecule has 0 N–H and O–H groups in total. The van der Waals surface area contributed by atoms with Gasteiger partial charge in [0, 0.05) is 11.1 Å². The van der Waals surface area contributed by atoms with Crippen molar-refractivity contribution in [2.24, 2.45) is 0 Å². The standard InChI is InChI=1S/C15H12Cl3FO2/c1-20-11-7-6-9(15(21-2)13(11)18)12(17)8-4-3-5-10(16)14(8)19/h3-7,12H,1-2H3. The summed E-state index contributed by atoms with van der Waals surface area (Å²) in [7, 11) is 2.96. The molecule has 0 spiro atoms. The average Bonchev–Trinajstić information content (AvgIpc) is 2.49. The number of benzene rings is 2. The van der Waals surface area contributed by atoms with E-state index in [4.69, 9.17) is 44.3 Å². The highest BCUT2D eigenvalue weighted by Crippen LogP contribution is 2.44. The predicted octanol–water partition coefficient (Wildman–Crippen LogP) is 5.48. The van der Waals surface area contributed by atoms with Gasteiger partial charge in [0.25, 0.3) is 0 Å². The molecule has 0 radical (unpaired) electrons. The highest BCUT2D eigenvalue weighted by molar-refractivity contribution is 6.34. The van der Waals surface area contributed by atoms with Gasteiger partial charge in [-0.15, -0.1) is 11.6 Å². The first-order valence-electron chi connectivity index (χ1n) is 5.99. The number of rotatable bonds is 4. The van der Waals surface area contributed by atoms with Crippen LogP contribution in [0.2, 0.25) is 10.0 Å². The van der Waals surface area contributed by atoms with Gasteiger partial charge in [-0.05, 0) is 18.2 Å². The van der Waals surface area contributed by atoms with Crippen LogP contribution in [0.3, 0.4) is 0 Å². The van der Waals surface area contributed by atoms with Crippen LogP contribution < -0.4 is 9.47 Å². The van der Waals surface area contributed by atoms with Crippen molar-refractivity contribution in [3.05, 3.63) is 57.3 Å². The molecule has 0 saturated heterocycles. The Morgan fingerprint density at radius 2 is 1.71 bits per heavy atom. The van der Waals surface area contributed by atoms with Gasteiger partial charge in [0.1, 0.15) is 22.3 Å². The Morgan fingerprint density at radius 1 is 1.00 bits per heavy atom. The van der Waals surface area contributed by atoms with E-state index in [1.165, 1.54) is 20.3 Å². The SMILES string of the molecule is COc1ccc(C(Cl)c2cccc(Cl)c2F)c(OC)c1Cl. The Bertz CT molecular complexity index is 662. The molecule has 2 aromatic rings. The van der Waals surface area contributed by atoms with Crippen molar-refractivity contribution in [1.29, 1.82) is 0 Å². The minimum atomic E-state index is -0.790. The van der Waals surface area contributed by atoms with Gasteiger partial charge in [-0.3, -0.25) is 0 Å². The third-order valence-corrected chi connectivity index (χ3v) is 4.16. The second kappa shape index (κ2) is 6.73. The Balaban J connectivity index is 2.56. The van der Waals surface area contributed by atoms with Gasteiger partial charge >= 0.3 is 0 Å². The molecule has 1 unspecified atom stereocenters. The molecule has 21 heavy (non-hydrogen) atoms. The summed E-state index contributed by atoms with van der Waals surface area (Å²) < 4.78 is 24.5. The summed E-state index contributed by atoms with van der Waals surface area (Å²) in [6, 6.07) is 7.99. The lowest BCUT2D eigenvalue weighted by Crippen LogP contribution is -2.02. The van der Waals surface area contributed by atoms with Gasteiger partial charge in [0.2, 0.25) is 0 Å². The molecule has 2 rings (SSSR count). The minimum absolute atomic E-state index is 0.0109. The maximum atomic E-state index is 14.1. The summed E-state index contributed by atoms with van der Waals surface area (Å²) in [5, 5.41) is -0.496. The number of methoxy groups -OCH3 is 2. The molecule has 6 heteroatoms. The Morgan fingerprint density at radius 3 is 2.33 bits per heavy atom. The molecule has 2 aromatic carbocycles. The molecule has 0 fully saturated rings. The molecule has 0 saturated carbocycles. The van der Waals surface area contributed by atoms with E-state index in [9.17, 15) is 4.39 Å². The van der Waals surface area contributed by atoms with Crippen molar-refractivity contribution in [3.8, 4) is 11.5 Å². The first kappa shape index (κ1) is 16.2. The van der Waals surface area contributed by atoms with E-state index >= 15 is 0 Å². The van der Waals surface area contributed by atoms with Gasteiger partial charge in [-0.1, -0.05) is 35.3 Å². The van der Waals surface area contributed by atoms with E-state index < -0.39 is 11.2 Å². The maximum Gasteiger partial charge on any atom is 0.146 e. The van der Waals surface area contributed by atoms with Crippen molar-refractivity contribution in [2.75, 3.05) is 14.2 Å². The number of halogens is 4. The molecular weight excluding hydrogens is 338 g/mol. The van der Waals surface area contributed by atoms with E-state index in [0.29, 0.717) is 17.1 Å². The lowest BCUT2D eigenvalue weighted by molar-refractivity contribution is 0.391. The number of hydrogen-bond donors (Lipinski definition) is 0. The minimum Gasteiger partial charge on any atom is -0.495 e. The van der Waals surface area contributed by atoms with Gasteiger partial charge in [-0.2, -0.15) is 0 Å². The monoisotopic (exact) mass is 348 g/mol. The molecule has 0 amide bonds. The van der Waals surface area contributed by atoms with Crippen LogP contribution in [-0.2, 0) is 0 Å². The lowest BCUT2D eigenvalue weighted by Gasteiger charge is -2.18. The first-order chi connectivity index (χ1) is 10.0. The fourth-order valence-corrected chi connectivity index (χ4v) is 2.85. The van der Waals surface area contributed by atoms with Crippen LogP contribution in [0.4, 0.5) is 4.39 Å². The zero-order chi connectivity index (χ0) is 15.6. The quantitative estimate of drug-likeness (QED) is 0.681. The molecular formula is C15H12Cl3FO2. The summed E-state index contributed by atoms with van der Waals surface area (Å²) in [6.45, 7) is 0. The van der Waals surface area contributed by atoms with Crippen LogP contribution in [0.25, 0.3) is 0 Å². The van der Waals surface area contributed by atoms with Gasteiger partial charge in [0.05, 0.1) is 24.6 Å². The van der Waals surface area contributed by atoms with Crippen LogP contribution >= 0.6 is 34.8 Å². The highest BCUT2D eigenvalue weighted by Gasteiger charge is 2.23. The average molecular weight is 350 g/mol. The third kappa shape index (κ3) is 3.05. The smallest absolute Gasteiger partial charge is 0.146 e. The summed E-state index contributed by atoms with van der Waals surface area (Å²) in [5.74, 6) is 0.233. The summed E-state index contributed by atoms with van der Waals surface area (Å²) in [5.41, 5.74) is 0.787. The van der Waals surface area contributed by atoms with E-state index in [-0.39, 0.29) is 15.6 Å². The number of hydrogen-bond acceptors (Lipinski definition) is 2. The summed E-state index contributed by atoms with van der Waals surface area (Å²) in [4.78, 5) is 0. The second-order valence-corrected chi connectivity index (χ2v) is 5.43. The lowest BCUT2D eigenvalue weighted by atomic mass is 10.0. The molecule has 112 valence electrons. The number of alkyl halides is 1. The van der Waals surface area contributed by atoms with E-state index in [0.717, 1.165) is 0 Å². The van der Waals surface area contributed by atoms with E-state index in [2.05, 4.69) is 0 Å². The topological polar surface area (TPSA) is 18.5 Å². The predicted molar refractivity (Wildman–Crippen MR) is 83.7 cm³/mol. The summed E-state index contributed by atoms with van der Waals surface area (Å²) >= 11 is 18.4. The highest BCUT2D eigenvalue weighted by atomic mass is 35.5. The Labute approximate surface area is 137 Å². The van der Waals surface area contributed by atoms with E-state index in [1.54, 1.807) is 24.3 Å². The molecule has 0 heterocycles. The van der Waals surface area contributed by atoms with Crippen molar-refractivity contribution in [1.82, 2.24) is 0 Å². The second-order valence-electron chi connectivity index (χ2n) is 4.21. The molecule has 2 nitrogen and oxygen atoms in total. The molecule has 0 bridgehead atoms. The fourth-order valence-electron chi connectivity index (χ4n) is 2.00. The van der Waals surface area contributed by atoms with Gasteiger partial charge in [-0.25, -0.2) is 4.39 Å². The van der Waals surface area contributed by atoms with E-state index in [1.807, 2.05) is 0 Å². The van der Waals surface area contributed by atoms with Crippen molar-refractivity contribution < 1.29 is 13.9 Å². The molecule has 0 aliphatic rings. The van der Waals surface area contributed by atoms with Crippen LogP contribution in [0.1, 0.15) is 16.5 Å². The van der Waals surface area contributed by atoms with Crippen LogP contribution in [-0.4, -0.2) is 14.2 Å².